The highest BCUT2D eigenvalue weighted by atomic mass is 79.9. The van der Waals surface area contributed by atoms with Crippen LogP contribution < -0.4 is 5.32 Å². The zero-order valence-electron chi connectivity index (χ0n) is 12.0. The Morgan fingerprint density at radius 1 is 1.05 bits per heavy atom. The fourth-order valence-electron chi connectivity index (χ4n) is 2.37. The van der Waals surface area contributed by atoms with Crippen molar-refractivity contribution in [2.45, 2.75) is 33.2 Å². The average Bonchev–Trinajstić information content (AvgIpc) is 2.42. The van der Waals surface area contributed by atoms with Gasteiger partial charge in [-0.1, -0.05) is 50.9 Å². The molecular weight excluding hydrogens is 378 g/mol. The van der Waals surface area contributed by atoms with Gasteiger partial charge >= 0.3 is 0 Å². The molecule has 0 bridgehead atoms. The molecule has 1 unspecified atom stereocenters. The highest BCUT2D eigenvalue weighted by molar-refractivity contribution is 9.10. The Bertz CT molecular complexity index is 585. The van der Waals surface area contributed by atoms with Gasteiger partial charge in [0.15, 0.2) is 0 Å². The van der Waals surface area contributed by atoms with Gasteiger partial charge in [0.25, 0.3) is 0 Å². The summed E-state index contributed by atoms with van der Waals surface area (Å²) in [7, 11) is 0. The number of benzene rings is 2. The molecule has 3 heteroatoms. The molecule has 20 heavy (non-hydrogen) atoms. The normalized spacial score (nSPS) is 12.2. The van der Waals surface area contributed by atoms with E-state index in [1.54, 1.807) is 0 Å². The fourth-order valence-corrected chi connectivity index (χ4v) is 3.02. The van der Waals surface area contributed by atoms with Crippen molar-refractivity contribution in [3.05, 3.63) is 62.0 Å². The number of hydrogen-bond donors (Lipinski definition) is 1. The zero-order chi connectivity index (χ0) is 14.7. The van der Waals surface area contributed by atoms with E-state index in [2.05, 4.69) is 94.3 Å². The summed E-state index contributed by atoms with van der Waals surface area (Å²) in [5.41, 5.74) is 5.00. The summed E-state index contributed by atoms with van der Waals surface area (Å²) in [6, 6.07) is 13.2. The van der Waals surface area contributed by atoms with Gasteiger partial charge in [0.2, 0.25) is 0 Å². The number of rotatable bonds is 4. The molecule has 0 saturated carbocycles. The molecule has 1 nitrogen and oxygen atoms in total. The summed E-state index contributed by atoms with van der Waals surface area (Å²) in [4.78, 5) is 0. The van der Waals surface area contributed by atoms with E-state index >= 15 is 0 Å². The zero-order valence-corrected chi connectivity index (χ0v) is 15.2. The van der Waals surface area contributed by atoms with E-state index in [1.165, 1.54) is 26.9 Å². The van der Waals surface area contributed by atoms with Crippen molar-refractivity contribution in [1.82, 2.24) is 0 Å². The van der Waals surface area contributed by atoms with Crippen LogP contribution in [0.5, 0.6) is 0 Å². The Labute approximate surface area is 138 Å². The Balaban J connectivity index is 2.27. The summed E-state index contributed by atoms with van der Waals surface area (Å²) in [5.74, 6) is 0. The minimum Gasteiger partial charge on any atom is -0.378 e. The third kappa shape index (κ3) is 3.64. The highest BCUT2D eigenvalue weighted by Gasteiger charge is 2.11. The molecule has 0 aliphatic carbocycles. The van der Waals surface area contributed by atoms with Gasteiger partial charge in [-0.05, 0) is 61.2 Å². The lowest BCUT2D eigenvalue weighted by Gasteiger charge is -2.20. The van der Waals surface area contributed by atoms with Crippen LogP contribution in [-0.4, -0.2) is 0 Å². The van der Waals surface area contributed by atoms with Crippen LogP contribution in [0.4, 0.5) is 5.69 Å². The van der Waals surface area contributed by atoms with E-state index < -0.39 is 0 Å². The van der Waals surface area contributed by atoms with Crippen molar-refractivity contribution < 1.29 is 0 Å². The van der Waals surface area contributed by atoms with Crippen LogP contribution in [-0.2, 0) is 0 Å². The molecule has 0 spiro atoms. The Hall–Kier alpha value is -0.800. The summed E-state index contributed by atoms with van der Waals surface area (Å²) in [6.07, 6.45) is 1.05. The molecule has 0 amide bonds. The second-order valence-corrected chi connectivity index (χ2v) is 6.79. The SMILES string of the molecule is CCC(Nc1cc(C)c(Br)c(C)c1)c1cccc(Br)c1. The lowest BCUT2D eigenvalue weighted by Crippen LogP contribution is -2.10. The third-order valence-corrected chi connectivity index (χ3v) is 5.18. The van der Waals surface area contributed by atoms with E-state index in [-0.39, 0.29) is 0 Å². The molecule has 1 N–H and O–H groups in total. The number of anilines is 1. The molecular formula is C17H19Br2N. The lowest BCUT2D eigenvalue weighted by atomic mass is 10.0. The Morgan fingerprint density at radius 3 is 2.25 bits per heavy atom. The summed E-state index contributed by atoms with van der Waals surface area (Å²) < 4.78 is 2.32. The van der Waals surface area contributed by atoms with Crippen LogP contribution in [0.1, 0.15) is 36.1 Å². The van der Waals surface area contributed by atoms with Crippen LogP contribution in [0.2, 0.25) is 0 Å². The molecule has 0 aliphatic heterocycles. The molecule has 2 rings (SSSR count). The van der Waals surface area contributed by atoms with Gasteiger partial charge in [-0.15, -0.1) is 0 Å². The van der Waals surface area contributed by atoms with Crippen LogP contribution in [0.15, 0.2) is 45.3 Å². The predicted octanol–water partition coefficient (Wildman–Crippen LogP) is 6.39. The van der Waals surface area contributed by atoms with Gasteiger partial charge in [0.05, 0.1) is 6.04 Å². The van der Waals surface area contributed by atoms with E-state index in [1.807, 2.05) is 0 Å². The van der Waals surface area contributed by atoms with Crippen molar-refractivity contribution >= 4 is 37.5 Å². The predicted molar refractivity (Wildman–Crippen MR) is 94.4 cm³/mol. The number of hydrogen-bond acceptors (Lipinski definition) is 1. The first-order valence-electron chi connectivity index (χ1n) is 6.80. The van der Waals surface area contributed by atoms with E-state index in [0.717, 1.165) is 10.9 Å². The minimum atomic E-state index is 0.326. The molecule has 0 aliphatic rings. The maximum atomic E-state index is 3.64. The largest absolute Gasteiger partial charge is 0.378 e. The van der Waals surface area contributed by atoms with Crippen LogP contribution in [0.25, 0.3) is 0 Å². The number of aryl methyl sites for hydroxylation is 2. The quantitative estimate of drug-likeness (QED) is 0.630. The topological polar surface area (TPSA) is 12.0 Å². The van der Waals surface area contributed by atoms with Gasteiger partial charge in [0.1, 0.15) is 0 Å². The van der Waals surface area contributed by atoms with Gasteiger partial charge < -0.3 is 5.32 Å². The molecule has 106 valence electrons. The molecule has 2 aromatic carbocycles. The van der Waals surface area contributed by atoms with Gasteiger partial charge in [-0.25, -0.2) is 0 Å². The third-order valence-electron chi connectivity index (χ3n) is 3.44. The van der Waals surface area contributed by atoms with E-state index in [0.29, 0.717) is 6.04 Å². The first kappa shape index (κ1) is 15.6. The fraction of sp³-hybridized carbons (Fsp3) is 0.294. The van der Waals surface area contributed by atoms with Crippen LogP contribution >= 0.6 is 31.9 Å². The average molecular weight is 397 g/mol. The second kappa shape index (κ2) is 6.77. The summed E-state index contributed by atoms with van der Waals surface area (Å²) >= 11 is 7.16. The van der Waals surface area contributed by atoms with Gasteiger partial charge in [-0.2, -0.15) is 0 Å². The van der Waals surface area contributed by atoms with E-state index in [4.69, 9.17) is 0 Å². The second-order valence-electron chi connectivity index (χ2n) is 5.08. The maximum absolute atomic E-state index is 3.64. The standard InChI is InChI=1S/C17H19Br2N/c1-4-16(13-6-5-7-14(18)10-13)20-15-8-11(2)17(19)12(3)9-15/h5-10,16,20H,4H2,1-3H3. The van der Waals surface area contributed by atoms with Crippen molar-refractivity contribution in [2.24, 2.45) is 0 Å². The van der Waals surface area contributed by atoms with Crippen molar-refractivity contribution in [3.8, 4) is 0 Å². The molecule has 0 radical (unpaired) electrons. The lowest BCUT2D eigenvalue weighted by molar-refractivity contribution is 0.748. The smallest absolute Gasteiger partial charge is 0.0511 e. The molecule has 1 atom stereocenters. The minimum absolute atomic E-state index is 0.326. The molecule has 0 saturated heterocycles. The molecule has 0 aromatic heterocycles. The summed E-state index contributed by atoms with van der Waals surface area (Å²) in [5, 5.41) is 3.64. The first-order valence-corrected chi connectivity index (χ1v) is 8.38. The van der Waals surface area contributed by atoms with E-state index in [9.17, 15) is 0 Å². The van der Waals surface area contributed by atoms with Crippen molar-refractivity contribution in [2.75, 3.05) is 5.32 Å². The monoisotopic (exact) mass is 395 g/mol. The van der Waals surface area contributed by atoms with Gasteiger partial charge in [0, 0.05) is 14.6 Å². The maximum Gasteiger partial charge on any atom is 0.0511 e. The van der Waals surface area contributed by atoms with Crippen LogP contribution in [0, 0.1) is 13.8 Å². The Morgan fingerprint density at radius 2 is 1.70 bits per heavy atom. The first-order chi connectivity index (χ1) is 9.51. The van der Waals surface area contributed by atoms with Crippen molar-refractivity contribution in [3.63, 3.8) is 0 Å². The van der Waals surface area contributed by atoms with Crippen molar-refractivity contribution in [1.29, 1.82) is 0 Å². The van der Waals surface area contributed by atoms with Crippen LogP contribution in [0.3, 0.4) is 0 Å². The van der Waals surface area contributed by atoms with Gasteiger partial charge in [-0.3, -0.25) is 0 Å². The molecule has 0 fully saturated rings. The highest BCUT2D eigenvalue weighted by Crippen LogP contribution is 2.29. The number of halogens is 2. The molecule has 2 aromatic rings. The summed E-state index contributed by atoms with van der Waals surface area (Å²) in [6.45, 7) is 6.46. The molecule has 0 heterocycles. The Kier molecular flexibility index (Phi) is 5.28. The number of nitrogens with one attached hydrogen (secondary N) is 1.